The lowest BCUT2D eigenvalue weighted by Crippen LogP contribution is -2.47. The number of nitrogens with two attached hydrogens (primary N) is 1. The summed E-state index contributed by atoms with van der Waals surface area (Å²) in [6.45, 7) is 5.71. The summed E-state index contributed by atoms with van der Waals surface area (Å²) in [4.78, 5) is 17.9. The minimum Gasteiger partial charge on any atom is -0.493 e. The Morgan fingerprint density at radius 2 is 1.94 bits per heavy atom. The number of carbonyl (C=O) groups excluding carboxylic acids is 1. The van der Waals surface area contributed by atoms with E-state index in [1.54, 1.807) is 19.1 Å². The molecule has 0 saturated carbocycles. The molecule has 3 aromatic rings. The minimum absolute atomic E-state index is 0.0161. The van der Waals surface area contributed by atoms with E-state index in [0.717, 1.165) is 41.5 Å². The molecular weight excluding hydrogens is 418 g/mol. The zero-order valence-corrected chi connectivity index (χ0v) is 19.8. The third-order valence-electron chi connectivity index (χ3n) is 6.23. The Morgan fingerprint density at radius 1 is 1.15 bits per heavy atom. The Morgan fingerprint density at radius 3 is 2.64 bits per heavy atom. The van der Waals surface area contributed by atoms with Crippen LogP contribution in [0, 0.1) is 0 Å². The van der Waals surface area contributed by atoms with Crippen molar-refractivity contribution < 1.29 is 19.0 Å². The number of hydrogen-bond acceptors (Lipinski definition) is 5. The van der Waals surface area contributed by atoms with Crippen LogP contribution >= 0.6 is 0 Å². The van der Waals surface area contributed by atoms with Gasteiger partial charge >= 0.3 is 0 Å². The number of methoxy groups -OCH3 is 2. The summed E-state index contributed by atoms with van der Waals surface area (Å²) >= 11 is 0. The van der Waals surface area contributed by atoms with Gasteiger partial charge in [-0.2, -0.15) is 0 Å². The first kappa shape index (κ1) is 23.0. The Labute approximate surface area is 194 Å². The molecule has 7 heteroatoms. The van der Waals surface area contributed by atoms with E-state index >= 15 is 0 Å². The van der Waals surface area contributed by atoms with Crippen LogP contribution in [-0.4, -0.2) is 55.7 Å². The maximum atomic E-state index is 12.6. The zero-order chi connectivity index (χ0) is 23.5. The zero-order valence-electron chi connectivity index (χ0n) is 19.8. The van der Waals surface area contributed by atoms with Gasteiger partial charge in [0.05, 0.1) is 19.9 Å². The average molecular weight is 452 g/mol. The van der Waals surface area contributed by atoms with Crippen LogP contribution in [-0.2, 0) is 4.79 Å². The largest absolute Gasteiger partial charge is 0.493 e. The van der Waals surface area contributed by atoms with Crippen LogP contribution in [0.2, 0.25) is 0 Å². The van der Waals surface area contributed by atoms with Gasteiger partial charge in [-0.15, -0.1) is 0 Å². The number of benzene rings is 2. The standard InChI is InChI=1S/C26H33N3O4/c1-16(2)25-20-13-19(33-15-24(30)29-11-5-6-18(27)14-29)8-9-21(20)28-26(25)17-7-10-22(31-3)23(12-17)32-4/h7-10,12-13,16,18,28H,5-6,11,14-15,27H2,1-4H3/t18-/m0/s1. The van der Waals surface area contributed by atoms with Gasteiger partial charge < -0.3 is 29.8 Å². The monoisotopic (exact) mass is 451 g/mol. The van der Waals surface area contributed by atoms with Gasteiger partial charge in [-0.25, -0.2) is 0 Å². The molecule has 1 aromatic heterocycles. The normalized spacial score (nSPS) is 16.3. The van der Waals surface area contributed by atoms with Crippen LogP contribution in [0.5, 0.6) is 17.2 Å². The molecule has 0 radical (unpaired) electrons. The van der Waals surface area contributed by atoms with E-state index in [0.29, 0.717) is 23.8 Å². The Balaban J connectivity index is 1.61. The summed E-state index contributed by atoms with van der Waals surface area (Å²) in [6.07, 6.45) is 1.91. The van der Waals surface area contributed by atoms with Crippen molar-refractivity contribution in [2.24, 2.45) is 5.73 Å². The van der Waals surface area contributed by atoms with Gasteiger partial charge in [0.1, 0.15) is 5.75 Å². The van der Waals surface area contributed by atoms with Gasteiger partial charge in [-0.05, 0) is 60.7 Å². The van der Waals surface area contributed by atoms with Gasteiger partial charge in [0.15, 0.2) is 18.1 Å². The first-order valence-electron chi connectivity index (χ1n) is 11.5. The molecule has 0 spiro atoms. The van der Waals surface area contributed by atoms with E-state index in [1.165, 1.54) is 5.56 Å². The van der Waals surface area contributed by atoms with Crippen molar-refractivity contribution in [3.05, 3.63) is 42.0 Å². The van der Waals surface area contributed by atoms with Crippen LogP contribution in [0.1, 0.15) is 38.2 Å². The van der Waals surface area contributed by atoms with Gasteiger partial charge in [-0.3, -0.25) is 4.79 Å². The summed E-state index contributed by atoms with van der Waals surface area (Å²) in [5.41, 5.74) is 10.3. The molecule has 0 aliphatic carbocycles. The summed E-state index contributed by atoms with van der Waals surface area (Å²) < 4.78 is 16.8. The molecule has 0 bridgehead atoms. The van der Waals surface area contributed by atoms with Gasteiger partial charge in [-0.1, -0.05) is 13.8 Å². The Kier molecular flexibility index (Phi) is 6.79. The number of likely N-dealkylation sites (tertiary alicyclic amines) is 1. The highest BCUT2D eigenvalue weighted by molar-refractivity contribution is 5.92. The quantitative estimate of drug-likeness (QED) is 0.559. The molecule has 1 saturated heterocycles. The molecule has 1 aliphatic rings. The number of carbonyl (C=O) groups is 1. The second-order valence-corrected chi connectivity index (χ2v) is 8.88. The number of rotatable bonds is 7. The van der Waals surface area contributed by atoms with Crippen LogP contribution in [0.3, 0.4) is 0 Å². The number of aromatic amines is 1. The SMILES string of the molecule is COc1ccc(-c2[nH]c3ccc(OCC(=O)N4CCC[C@H](N)C4)cc3c2C(C)C)cc1OC. The fourth-order valence-corrected chi connectivity index (χ4v) is 4.57. The van der Waals surface area contributed by atoms with E-state index in [1.807, 2.05) is 36.4 Å². The average Bonchev–Trinajstić information content (AvgIpc) is 3.21. The van der Waals surface area contributed by atoms with Crippen molar-refractivity contribution in [1.29, 1.82) is 0 Å². The van der Waals surface area contributed by atoms with Crippen LogP contribution < -0.4 is 19.9 Å². The van der Waals surface area contributed by atoms with Crippen LogP contribution in [0.15, 0.2) is 36.4 Å². The van der Waals surface area contributed by atoms with Crippen molar-refractivity contribution in [2.45, 2.75) is 38.6 Å². The van der Waals surface area contributed by atoms with E-state index in [9.17, 15) is 4.79 Å². The van der Waals surface area contributed by atoms with Crippen LogP contribution in [0.4, 0.5) is 0 Å². The first-order valence-corrected chi connectivity index (χ1v) is 11.5. The third kappa shape index (κ3) is 4.78. The van der Waals surface area contributed by atoms with E-state index in [-0.39, 0.29) is 24.5 Å². The van der Waals surface area contributed by atoms with Crippen LogP contribution in [0.25, 0.3) is 22.2 Å². The van der Waals surface area contributed by atoms with Crippen molar-refractivity contribution in [3.63, 3.8) is 0 Å². The molecule has 1 amide bonds. The summed E-state index contributed by atoms with van der Waals surface area (Å²) in [7, 11) is 3.27. The maximum absolute atomic E-state index is 12.6. The second kappa shape index (κ2) is 9.75. The third-order valence-corrected chi connectivity index (χ3v) is 6.23. The highest BCUT2D eigenvalue weighted by Crippen LogP contribution is 2.39. The topological polar surface area (TPSA) is 89.8 Å². The number of aromatic nitrogens is 1. The number of fused-ring (bicyclic) bond motifs is 1. The molecule has 1 aliphatic heterocycles. The molecule has 0 unspecified atom stereocenters. The first-order chi connectivity index (χ1) is 15.9. The molecule has 7 nitrogen and oxygen atoms in total. The van der Waals surface area contributed by atoms with Gasteiger partial charge in [0.25, 0.3) is 5.91 Å². The minimum atomic E-state index is -0.0191. The number of hydrogen-bond donors (Lipinski definition) is 2. The van der Waals surface area contributed by atoms with Gasteiger partial charge in [0, 0.05) is 35.6 Å². The van der Waals surface area contributed by atoms with Crippen molar-refractivity contribution in [1.82, 2.24) is 9.88 Å². The van der Waals surface area contributed by atoms with Crippen molar-refractivity contribution in [3.8, 4) is 28.5 Å². The molecular formula is C26H33N3O4. The second-order valence-electron chi connectivity index (χ2n) is 8.88. The summed E-state index contributed by atoms with van der Waals surface area (Å²) in [5.74, 6) is 2.31. The number of piperidine rings is 1. The maximum Gasteiger partial charge on any atom is 0.260 e. The lowest BCUT2D eigenvalue weighted by molar-refractivity contribution is -0.134. The Bertz CT molecular complexity index is 1140. The molecule has 3 N–H and O–H groups in total. The highest BCUT2D eigenvalue weighted by Gasteiger charge is 2.22. The number of ether oxygens (including phenoxy) is 3. The number of nitrogens with one attached hydrogen (secondary N) is 1. The lowest BCUT2D eigenvalue weighted by Gasteiger charge is -2.30. The summed E-state index contributed by atoms with van der Waals surface area (Å²) in [6, 6.07) is 11.9. The fraction of sp³-hybridized carbons (Fsp3) is 0.423. The summed E-state index contributed by atoms with van der Waals surface area (Å²) in [5, 5.41) is 1.08. The van der Waals surface area contributed by atoms with E-state index < -0.39 is 0 Å². The molecule has 1 atom stereocenters. The van der Waals surface area contributed by atoms with Crippen molar-refractivity contribution in [2.75, 3.05) is 33.9 Å². The van der Waals surface area contributed by atoms with E-state index in [4.69, 9.17) is 19.9 Å². The number of nitrogens with zero attached hydrogens (tertiary/aromatic N) is 1. The molecule has 2 heterocycles. The fourth-order valence-electron chi connectivity index (χ4n) is 4.57. The van der Waals surface area contributed by atoms with E-state index in [2.05, 4.69) is 18.8 Å². The van der Waals surface area contributed by atoms with Gasteiger partial charge in [0.2, 0.25) is 0 Å². The molecule has 33 heavy (non-hydrogen) atoms. The Hall–Kier alpha value is -3.19. The molecule has 4 rings (SSSR count). The number of amides is 1. The highest BCUT2D eigenvalue weighted by atomic mass is 16.5. The predicted molar refractivity (Wildman–Crippen MR) is 130 cm³/mol. The molecule has 2 aromatic carbocycles. The lowest BCUT2D eigenvalue weighted by atomic mass is 9.96. The smallest absolute Gasteiger partial charge is 0.260 e. The van der Waals surface area contributed by atoms with Crippen molar-refractivity contribution >= 4 is 16.8 Å². The molecule has 176 valence electrons. The molecule has 1 fully saturated rings. The predicted octanol–water partition coefficient (Wildman–Crippen LogP) is 4.30. The number of H-pyrrole nitrogens is 1.